The van der Waals surface area contributed by atoms with Gasteiger partial charge >= 0.3 is 12.0 Å². The highest BCUT2D eigenvalue weighted by Gasteiger charge is 2.39. The van der Waals surface area contributed by atoms with E-state index in [4.69, 9.17) is 4.74 Å². The minimum atomic E-state index is -0.970. The van der Waals surface area contributed by atoms with E-state index in [-0.39, 0.29) is 12.1 Å². The number of carbonyl (C=O) groups is 2. The number of carboxylic acids is 1. The molecule has 2 heterocycles. The number of piperidine rings is 1. The third-order valence-corrected chi connectivity index (χ3v) is 4.41. The van der Waals surface area contributed by atoms with Crippen molar-refractivity contribution in [3.63, 3.8) is 0 Å². The number of amides is 2. The van der Waals surface area contributed by atoms with E-state index in [1.165, 1.54) is 4.90 Å². The minimum absolute atomic E-state index is 0.197. The van der Waals surface area contributed by atoms with Crippen LogP contribution in [0, 0.1) is 5.92 Å². The van der Waals surface area contributed by atoms with Gasteiger partial charge in [-0.25, -0.2) is 9.59 Å². The van der Waals surface area contributed by atoms with Gasteiger partial charge in [0.25, 0.3) is 0 Å². The summed E-state index contributed by atoms with van der Waals surface area (Å²) in [6.07, 6.45) is 2.40. The predicted molar refractivity (Wildman–Crippen MR) is 77.2 cm³/mol. The Morgan fingerprint density at radius 3 is 2.76 bits per heavy atom. The van der Waals surface area contributed by atoms with Crippen molar-refractivity contribution in [3.8, 4) is 0 Å². The molecule has 2 N–H and O–H groups in total. The molecule has 7 heteroatoms. The van der Waals surface area contributed by atoms with Gasteiger partial charge in [0.2, 0.25) is 0 Å². The number of nitrogens with one attached hydrogen (secondary N) is 1. The monoisotopic (exact) mass is 299 g/mol. The van der Waals surface area contributed by atoms with Gasteiger partial charge in [-0.05, 0) is 32.4 Å². The van der Waals surface area contributed by atoms with Crippen LogP contribution >= 0.6 is 0 Å². The van der Waals surface area contributed by atoms with Crippen molar-refractivity contribution in [1.82, 2.24) is 15.1 Å². The Kier molecular flexibility index (Phi) is 5.41. The van der Waals surface area contributed by atoms with Crippen molar-refractivity contribution < 1.29 is 19.4 Å². The average molecular weight is 299 g/mol. The first-order valence-corrected chi connectivity index (χ1v) is 7.50. The van der Waals surface area contributed by atoms with Gasteiger partial charge in [-0.2, -0.15) is 0 Å². The normalized spacial score (nSPS) is 30.4. The summed E-state index contributed by atoms with van der Waals surface area (Å²) in [5.74, 6) is -0.529. The molecule has 0 aromatic carbocycles. The van der Waals surface area contributed by atoms with E-state index in [0.717, 1.165) is 25.9 Å². The summed E-state index contributed by atoms with van der Waals surface area (Å²) >= 11 is 0. The smallest absolute Gasteiger partial charge is 0.326 e. The zero-order chi connectivity index (χ0) is 15.4. The maximum Gasteiger partial charge on any atom is 0.326 e. The molecule has 120 valence electrons. The Morgan fingerprint density at radius 2 is 2.14 bits per heavy atom. The molecular formula is C14H25N3O4. The number of rotatable bonds is 4. The standard InChI is InChI=1S/C14H25N3O4/c1-16-5-3-4-10(8-16)7-15-14(20)17-9-11(21-2)6-12(17)13(18)19/h10-12H,3-9H2,1-2H3,(H,15,20)(H,18,19). The van der Waals surface area contributed by atoms with E-state index in [2.05, 4.69) is 17.3 Å². The summed E-state index contributed by atoms with van der Waals surface area (Å²) in [6.45, 7) is 3.02. The molecule has 7 nitrogen and oxygen atoms in total. The van der Waals surface area contributed by atoms with Crippen LogP contribution in [0.5, 0.6) is 0 Å². The second-order valence-electron chi connectivity index (χ2n) is 6.06. The van der Waals surface area contributed by atoms with Gasteiger partial charge in [0, 0.05) is 33.2 Å². The average Bonchev–Trinajstić information content (AvgIpc) is 2.89. The number of carbonyl (C=O) groups excluding carboxylic acids is 1. The van der Waals surface area contributed by atoms with E-state index in [1.54, 1.807) is 7.11 Å². The lowest BCUT2D eigenvalue weighted by atomic mass is 9.99. The van der Waals surface area contributed by atoms with Crippen LogP contribution in [0.3, 0.4) is 0 Å². The topological polar surface area (TPSA) is 82.1 Å². The van der Waals surface area contributed by atoms with Gasteiger partial charge in [-0.3, -0.25) is 0 Å². The van der Waals surface area contributed by atoms with Crippen molar-refractivity contribution in [2.75, 3.05) is 40.3 Å². The molecule has 2 rings (SSSR count). The summed E-state index contributed by atoms with van der Waals surface area (Å²) in [4.78, 5) is 27.1. The van der Waals surface area contributed by atoms with E-state index in [9.17, 15) is 14.7 Å². The third-order valence-electron chi connectivity index (χ3n) is 4.41. The molecule has 0 spiro atoms. The van der Waals surface area contributed by atoms with Crippen LogP contribution in [0.1, 0.15) is 19.3 Å². The fourth-order valence-electron chi connectivity index (χ4n) is 3.20. The van der Waals surface area contributed by atoms with Gasteiger partial charge in [-0.1, -0.05) is 0 Å². The number of methoxy groups -OCH3 is 1. The molecule has 0 radical (unpaired) electrons. The van der Waals surface area contributed by atoms with Crippen molar-refractivity contribution in [3.05, 3.63) is 0 Å². The summed E-state index contributed by atoms with van der Waals surface area (Å²) < 4.78 is 5.19. The highest BCUT2D eigenvalue weighted by Crippen LogP contribution is 2.20. The highest BCUT2D eigenvalue weighted by molar-refractivity contribution is 5.83. The van der Waals surface area contributed by atoms with Gasteiger partial charge in [-0.15, -0.1) is 0 Å². The SMILES string of the molecule is COC1CC(C(=O)O)N(C(=O)NCC2CCCN(C)C2)C1. The first-order valence-electron chi connectivity index (χ1n) is 7.50. The summed E-state index contributed by atoms with van der Waals surface area (Å²) in [5.41, 5.74) is 0. The predicted octanol–water partition coefficient (Wildman–Crippen LogP) is 0.212. The largest absolute Gasteiger partial charge is 0.480 e. The molecule has 2 aliphatic rings. The zero-order valence-electron chi connectivity index (χ0n) is 12.7. The lowest BCUT2D eigenvalue weighted by molar-refractivity contribution is -0.141. The molecule has 2 saturated heterocycles. The quantitative estimate of drug-likeness (QED) is 0.775. The first kappa shape index (κ1) is 16.0. The van der Waals surface area contributed by atoms with Crippen molar-refractivity contribution in [1.29, 1.82) is 0 Å². The molecular weight excluding hydrogens is 274 g/mol. The number of hydrogen-bond acceptors (Lipinski definition) is 4. The molecule has 0 aliphatic carbocycles. The van der Waals surface area contributed by atoms with Crippen molar-refractivity contribution in [2.24, 2.45) is 5.92 Å². The van der Waals surface area contributed by atoms with Gasteiger partial charge < -0.3 is 25.0 Å². The Morgan fingerprint density at radius 1 is 1.38 bits per heavy atom. The highest BCUT2D eigenvalue weighted by atomic mass is 16.5. The summed E-state index contributed by atoms with van der Waals surface area (Å²) in [5, 5.41) is 12.1. The first-order chi connectivity index (χ1) is 10.0. The van der Waals surface area contributed by atoms with Crippen LogP contribution in [0.4, 0.5) is 4.79 Å². The number of carboxylic acid groups (broad SMARTS) is 1. The number of hydrogen-bond donors (Lipinski definition) is 2. The maximum atomic E-state index is 12.2. The van der Waals surface area contributed by atoms with Crippen LogP contribution in [0.15, 0.2) is 0 Å². The van der Waals surface area contributed by atoms with Gasteiger partial charge in [0.15, 0.2) is 0 Å². The number of aliphatic carboxylic acids is 1. The maximum absolute atomic E-state index is 12.2. The number of nitrogens with zero attached hydrogens (tertiary/aromatic N) is 2. The molecule has 0 aromatic rings. The second kappa shape index (κ2) is 7.09. The molecule has 0 bridgehead atoms. The fraction of sp³-hybridized carbons (Fsp3) is 0.857. The molecule has 0 aromatic heterocycles. The van der Waals surface area contributed by atoms with Crippen molar-refractivity contribution >= 4 is 12.0 Å². The zero-order valence-corrected chi connectivity index (χ0v) is 12.7. The lowest BCUT2D eigenvalue weighted by Crippen LogP contribution is -2.48. The number of urea groups is 1. The summed E-state index contributed by atoms with van der Waals surface area (Å²) in [6, 6.07) is -1.08. The Labute approximate surface area is 125 Å². The van der Waals surface area contributed by atoms with Gasteiger partial charge in [0.1, 0.15) is 6.04 Å². The second-order valence-corrected chi connectivity index (χ2v) is 6.06. The van der Waals surface area contributed by atoms with E-state index in [0.29, 0.717) is 25.4 Å². The molecule has 3 unspecified atom stereocenters. The Bertz CT molecular complexity index is 390. The van der Waals surface area contributed by atoms with Gasteiger partial charge in [0.05, 0.1) is 6.10 Å². The molecule has 2 amide bonds. The van der Waals surface area contributed by atoms with Crippen molar-refractivity contribution in [2.45, 2.75) is 31.4 Å². The third kappa shape index (κ3) is 4.07. The van der Waals surface area contributed by atoms with Crippen LogP contribution in [0.25, 0.3) is 0 Å². The lowest BCUT2D eigenvalue weighted by Gasteiger charge is -2.30. The van der Waals surface area contributed by atoms with E-state index < -0.39 is 12.0 Å². The fourth-order valence-corrected chi connectivity index (χ4v) is 3.20. The van der Waals surface area contributed by atoms with Crippen LogP contribution in [-0.2, 0) is 9.53 Å². The molecule has 0 saturated carbocycles. The Hall–Kier alpha value is -1.34. The molecule has 2 fully saturated rings. The van der Waals surface area contributed by atoms with Crippen LogP contribution < -0.4 is 5.32 Å². The van der Waals surface area contributed by atoms with Crippen LogP contribution in [0.2, 0.25) is 0 Å². The minimum Gasteiger partial charge on any atom is -0.480 e. The van der Waals surface area contributed by atoms with Crippen LogP contribution in [-0.4, -0.2) is 79.4 Å². The molecule has 2 aliphatic heterocycles. The van der Waals surface area contributed by atoms with E-state index in [1.807, 2.05) is 0 Å². The number of ether oxygens (including phenoxy) is 1. The summed E-state index contributed by atoms with van der Waals surface area (Å²) in [7, 11) is 3.63. The number of likely N-dealkylation sites (tertiary alicyclic amines) is 2. The van der Waals surface area contributed by atoms with E-state index >= 15 is 0 Å². The molecule has 21 heavy (non-hydrogen) atoms. The molecule has 3 atom stereocenters. The Balaban J connectivity index is 1.85.